The fraction of sp³-hybridized carbons (Fsp3) is 0.444. The molecule has 0 bridgehead atoms. The highest BCUT2D eigenvalue weighted by Gasteiger charge is 2.25. The Morgan fingerprint density at radius 1 is 1.35 bits per heavy atom. The summed E-state index contributed by atoms with van der Waals surface area (Å²) in [5, 5.41) is 7.51. The molecule has 2 aromatic heterocycles. The van der Waals surface area contributed by atoms with Gasteiger partial charge in [-0.2, -0.15) is 5.10 Å². The van der Waals surface area contributed by atoms with Gasteiger partial charge < -0.3 is 14.5 Å². The number of nitrogens with one attached hydrogen (secondary N) is 1. The van der Waals surface area contributed by atoms with Crippen LogP contribution in [0, 0.1) is 0 Å². The number of rotatable bonds is 4. The summed E-state index contributed by atoms with van der Waals surface area (Å²) >= 11 is 0. The number of ether oxygens (including phenoxy) is 1. The first-order valence-electron chi connectivity index (χ1n) is 8.83. The molecule has 1 aliphatic carbocycles. The van der Waals surface area contributed by atoms with Gasteiger partial charge in [-0.3, -0.25) is 9.89 Å². The highest BCUT2D eigenvalue weighted by molar-refractivity contribution is 5.82. The van der Waals surface area contributed by atoms with Crippen LogP contribution in [0.1, 0.15) is 18.2 Å². The SMILES string of the molecule is CCN1CCN(c2cc(-c3n[nH]c4c3CC(OC)C=C4)ncn2)CC1=O. The van der Waals surface area contributed by atoms with Crippen molar-refractivity contribution in [1.82, 2.24) is 25.1 Å². The number of anilines is 1. The monoisotopic (exact) mass is 354 g/mol. The number of carbonyl (C=O) groups is 1. The summed E-state index contributed by atoms with van der Waals surface area (Å²) < 4.78 is 5.45. The van der Waals surface area contributed by atoms with E-state index in [0.29, 0.717) is 13.1 Å². The maximum absolute atomic E-state index is 12.2. The van der Waals surface area contributed by atoms with Crippen LogP contribution < -0.4 is 4.90 Å². The topological polar surface area (TPSA) is 87.2 Å². The van der Waals surface area contributed by atoms with Gasteiger partial charge in [-0.25, -0.2) is 9.97 Å². The summed E-state index contributed by atoms with van der Waals surface area (Å²) in [6.07, 6.45) is 6.35. The van der Waals surface area contributed by atoms with Crippen LogP contribution in [-0.4, -0.2) is 70.4 Å². The number of likely N-dealkylation sites (N-methyl/N-ethyl adjacent to an activating group) is 1. The lowest BCUT2D eigenvalue weighted by molar-refractivity contribution is -0.130. The second-order valence-electron chi connectivity index (χ2n) is 6.46. The lowest BCUT2D eigenvalue weighted by Crippen LogP contribution is -2.50. The van der Waals surface area contributed by atoms with Gasteiger partial charge in [-0.05, 0) is 13.0 Å². The van der Waals surface area contributed by atoms with Crippen molar-refractivity contribution in [3.05, 3.63) is 29.7 Å². The van der Waals surface area contributed by atoms with Crippen LogP contribution >= 0.6 is 0 Å². The van der Waals surface area contributed by atoms with E-state index in [9.17, 15) is 4.79 Å². The molecular weight excluding hydrogens is 332 g/mol. The number of carbonyl (C=O) groups excluding carboxylic acids is 1. The zero-order valence-corrected chi connectivity index (χ0v) is 15.0. The fourth-order valence-electron chi connectivity index (χ4n) is 3.46. The van der Waals surface area contributed by atoms with E-state index in [-0.39, 0.29) is 12.0 Å². The molecule has 1 saturated heterocycles. The number of hydrogen-bond acceptors (Lipinski definition) is 6. The van der Waals surface area contributed by atoms with Crippen molar-refractivity contribution in [2.24, 2.45) is 0 Å². The average molecular weight is 354 g/mol. The van der Waals surface area contributed by atoms with E-state index >= 15 is 0 Å². The molecule has 1 amide bonds. The first-order chi connectivity index (χ1) is 12.7. The molecule has 4 rings (SSSR count). The predicted molar refractivity (Wildman–Crippen MR) is 97.6 cm³/mol. The first-order valence-corrected chi connectivity index (χ1v) is 8.83. The van der Waals surface area contributed by atoms with Gasteiger partial charge in [0.2, 0.25) is 5.91 Å². The molecule has 0 radical (unpaired) electrons. The minimum atomic E-state index is 0.0416. The van der Waals surface area contributed by atoms with Crippen LogP contribution in [0.15, 0.2) is 18.5 Å². The van der Waals surface area contributed by atoms with Gasteiger partial charge >= 0.3 is 0 Å². The minimum absolute atomic E-state index is 0.0416. The van der Waals surface area contributed by atoms with E-state index in [1.165, 1.54) is 6.33 Å². The molecule has 0 spiro atoms. The second-order valence-corrected chi connectivity index (χ2v) is 6.46. The Kier molecular flexibility index (Phi) is 4.42. The third-order valence-electron chi connectivity index (χ3n) is 5.00. The molecule has 1 atom stereocenters. The van der Waals surface area contributed by atoms with Crippen LogP contribution in [0.2, 0.25) is 0 Å². The Balaban J connectivity index is 1.61. The standard InChI is InChI=1S/C18H22N6O2/c1-3-23-6-7-24(10-17(23)25)16-9-15(19-11-20-16)18-13-8-12(26-2)4-5-14(13)21-22-18/h4-5,9,11-12H,3,6-8,10H2,1-2H3,(H,21,22). The largest absolute Gasteiger partial charge is 0.377 e. The number of piperazine rings is 1. The number of nitrogens with zero attached hydrogens (tertiary/aromatic N) is 5. The van der Waals surface area contributed by atoms with Gasteiger partial charge in [0, 0.05) is 44.8 Å². The number of amides is 1. The van der Waals surface area contributed by atoms with E-state index in [1.807, 2.05) is 34.9 Å². The van der Waals surface area contributed by atoms with Crippen molar-refractivity contribution in [3.8, 4) is 11.4 Å². The Hall–Kier alpha value is -2.74. The van der Waals surface area contributed by atoms with Gasteiger partial charge in [0.05, 0.1) is 24.0 Å². The molecule has 1 N–H and O–H groups in total. The Morgan fingerprint density at radius 2 is 2.23 bits per heavy atom. The van der Waals surface area contributed by atoms with E-state index in [4.69, 9.17) is 4.74 Å². The predicted octanol–water partition coefficient (Wildman–Crippen LogP) is 1.12. The van der Waals surface area contributed by atoms with E-state index < -0.39 is 0 Å². The maximum Gasteiger partial charge on any atom is 0.242 e. The number of hydrogen-bond donors (Lipinski definition) is 1. The number of methoxy groups -OCH3 is 1. The number of H-pyrrole nitrogens is 1. The third-order valence-corrected chi connectivity index (χ3v) is 5.00. The summed E-state index contributed by atoms with van der Waals surface area (Å²) in [6.45, 7) is 4.57. The van der Waals surface area contributed by atoms with Crippen molar-refractivity contribution >= 4 is 17.8 Å². The Bertz CT molecular complexity index is 846. The lowest BCUT2D eigenvalue weighted by atomic mass is 9.98. The number of aromatic nitrogens is 4. The fourth-order valence-corrected chi connectivity index (χ4v) is 3.46. The molecule has 8 heteroatoms. The second kappa shape index (κ2) is 6.87. The van der Waals surface area contributed by atoms with Crippen LogP contribution in [0.5, 0.6) is 0 Å². The summed E-state index contributed by atoms with van der Waals surface area (Å²) in [6, 6.07) is 1.91. The smallest absolute Gasteiger partial charge is 0.242 e. The zero-order valence-electron chi connectivity index (χ0n) is 15.0. The molecule has 26 heavy (non-hydrogen) atoms. The molecule has 1 unspecified atom stereocenters. The highest BCUT2D eigenvalue weighted by Crippen LogP contribution is 2.29. The molecule has 1 aliphatic heterocycles. The minimum Gasteiger partial charge on any atom is -0.377 e. The van der Waals surface area contributed by atoms with Crippen LogP contribution in [0.4, 0.5) is 5.82 Å². The number of aromatic amines is 1. The van der Waals surface area contributed by atoms with Crippen molar-refractivity contribution < 1.29 is 9.53 Å². The van der Waals surface area contributed by atoms with Crippen LogP contribution in [0.3, 0.4) is 0 Å². The number of fused-ring (bicyclic) bond motifs is 1. The van der Waals surface area contributed by atoms with Crippen molar-refractivity contribution in [3.63, 3.8) is 0 Å². The summed E-state index contributed by atoms with van der Waals surface area (Å²) in [5.41, 5.74) is 3.65. The van der Waals surface area contributed by atoms with Crippen LogP contribution in [-0.2, 0) is 16.0 Å². The van der Waals surface area contributed by atoms with E-state index in [1.54, 1.807) is 7.11 Å². The van der Waals surface area contributed by atoms with Crippen molar-refractivity contribution in [2.45, 2.75) is 19.4 Å². The molecule has 2 aliphatic rings. The van der Waals surface area contributed by atoms with Gasteiger partial charge in [-0.15, -0.1) is 0 Å². The molecule has 1 fully saturated rings. The van der Waals surface area contributed by atoms with Crippen LogP contribution in [0.25, 0.3) is 17.5 Å². The van der Waals surface area contributed by atoms with Gasteiger partial charge in [0.1, 0.15) is 17.8 Å². The lowest BCUT2D eigenvalue weighted by Gasteiger charge is -2.34. The summed E-state index contributed by atoms with van der Waals surface area (Å²) in [7, 11) is 1.70. The quantitative estimate of drug-likeness (QED) is 0.885. The molecule has 0 aromatic carbocycles. The maximum atomic E-state index is 12.2. The van der Waals surface area contributed by atoms with E-state index in [0.717, 1.165) is 48.0 Å². The molecule has 0 saturated carbocycles. The first kappa shape index (κ1) is 16.7. The highest BCUT2D eigenvalue weighted by atomic mass is 16.5. The third kappa shape index (κ3) is 2.96. The Labute approximate surface area is 151 Å². The normalized spacial score (nSPS) is 19.8. The van der Waals surface area contributed by atoms with Gasteiger partial charge in [0.25, 0.3) is 0 Å². The molecule has 2 aromatic rings. The molecule has 3 heterocycles. The summed E-state index contributed by atoms with van der Waals surface area (Å²) in [4.78, 5) is 24.8. The average Bonchev–Trinajstić information content (AvgIpc) is 3.11. The summed E-state index contributed by atoms with van der Waals surface area (Å²) in [5.74, 6) is 0.884. The molecule has 8 nitrogen and oxygen atoms in total. The van der Waals surface area contributed by atoms with Gasteiger partial charge in [-0.1, -0.05) is 6.08 Å². The van der Waals surface area contributed by atoms with Gasteiger partial charge in [0.15, 0.2) is 0 Å². The molecular formula is C18H22N6O2. The van der Waals surface area contributed by atoms with Crippen molar-refractivity contribution in [2.75, 3.05) is 38.2 Å². The molecule has 136 valence electrons. The Morgan fingerprint density at radius 3 is 3.00 bits per heavy atom. The van der Waals surface area contributed by atoms with E-state index in [2.05, 4.69) is 20.2 Å². The zero-order chi connectivity index (χ0) is 18.1. The van der Waals surface area contributed by atoms with Crippen molar-refractivity contribution in [1.29, 1.82) is 0 Å².